The summed E-state index contributed by atoms with van der Waals surface area (Å²) in [5.41, 5.74) is 1.69. The van der Waals surface area contributed by atoms with Crippen molar-refractivity contribution in [2.24, 2.45) is 0 Å². The number of carbonyl (C=O) groups is 1. The number of rotatable bonds is 8. The van der Waals surface area contributed by atoms with E-state index < -0.39 is 16.0 Å². The molecule has 0 saturated heterocycles. The molecule has 2 rings (SSSR count). The van der Waals surface area contributed by atoms with E-state index in [9.17, 15) is 13.2 Å². The number of hydrogen-bond donors (Lipinski definition) is 2. The van der Waals surface area contributed by atoms with E-state index in [-0.39, 0.29) is 30.2 Å². The molecule has 0 spiro atoms. The summed E-state index contributed by atoms with van der Waals surface area (Å²) in [6.07, 6.45) is 0. The van der Waals surface area contributed by atoms with Gasteiger partial charge in [0, 0.05) is 26.3 Å². The molecule has 0 aliphatic rings. The zero-order valence-corrected chi connectivity index (χ0v) is 16.5. The number of aromatic nitrogens is 1. The molecular formula is C17H23N3O6S. The molecule has 2 aromatic rings. The first kappa shape index (κ1) is 20.9. The van der Waals surface area contributed by atoms with Crippen LogP contribution in [-0.4, -0.2) is 56.2 Å². The van der Waals surface area contributed by atoms with Crippen molar-refractivity contribution in [3.63, 3.8) is 0 Å². The lowest BCUT2D eigenvalue weighted by atomic mass is 10.1. The number of anilines is 1. The maximum absolute atomic E-state index is 12.6. The Kier molecular flexibility index (Phi) is 6.58. The number of aliphatic hydroxyl groups excluding tert-OH is 1. The van der Waals surface area contributed by atoms with Gasteiger partial charge in [-0.05, 0) is 32.0 Å². The van der Waals surface area contributed by atoms with Crippen molar-refractivity contribution in [2.75, 3.05) is 32.6 Å². The van der Waals surface area contributed by atoms with Crippen LogP contribution in [0, 0.1) is 13.8 Å². The molecule has 10 heteroatoms. The monoisotopic (exact) mass is 397 g/mol. The van der Waals surface area contributed by atoms with Crippen LogP contribution in [-0.2, 0) is 21.4 Å². The quantitative estimate of drug-likeness (QED) is 0.639. The van der Waals surface area contributed by atoms with Gasteiger partial charge in [0.2, 0.25) is 10.0 Å². The van der Waals surface area contributed by atoms with Crippen LogP contribution in [0.4, 0.5) is 5.69 Å². The molecule has 0 saturated carbocycles. The average molecular weight is 397 g/mol. The van der Waals surface area contributed by atoms with Gasteiger partial charge in [-0.2, -0.15) is 0 Å². The zero-order valence-electron chi connectivity index (χ0n) is 15.6. The molecule has 0 aliphatic carbocycles. The standard InChI is InChI=1S/C17H23N3O6S/c1-11-15(12(2)26-19-11)10-25-17(22)14-9-13(27(23,24)20(3)4)5-6-16(14)18-7-8-21/h5-6,9,18,21H,7-8,10H2,1-4H3. The number of ether oxygens (including phenoxy) is 1. The Hall–Kier alpha value is -2.43. The van der Waals surface area contributed by atoms with Gasteiger partial charge in [-0.15, -0.1) is 0 Å². The predicted octanol–water partition coefficient (Wildman–Crippen LogP) is 1.30. The summed E-state index contributed by atoms with van der Waals surface area (Å²) >= 11 is 0. The Morgan fingerprint density at radius 2 is 2.04 bits per heavy atom. The number of aliphatic hydroxyl groups is 1. The minimum Gasteiger partial charge on any atom is -0.457 e. The zero-order chi connectivity index (χ0) is 20.2. The summed E-state index contributed by atoms with van der Waals surface area (Å²) in [6, 6.07) is 4.11. The van der Waals surface area contributed by atoms with E-state index >= 15 is 0 Å². The lowest BCUT2D eigenvalue weighted by molar-refractivity contribution is 0.0471. The van der Waals surface area contributed by atoms with Gasteiger partial charge in [0.1, 0.15) is 12.4 Å². The number of sulfonamides is 1. The Bertz CT molecular complexity index is 901. The van der Waals surface area contributed by atoms with Gasteiger partial charge in [0.05, 0.1) is 28.3 Å². The van der Waals surface area contributed by atoms with Crippen molar-refractivity contribution < 1.29 is 27.6 Å². The molecule has 0 aliphatic heterocycles. The number of aryl methyl sites for hydroxylation is 2. The molecule has 0 fully saturated rings. The van der Waals surface area contributed by atoms with Gasteiger partial charge in [-0.3, -0.25) is 0 Å². The fourth-order valence-electron chi connectivity index (χ4n) is 2.33. The lowest BCUT2D eigenvalue weighted by Gasteiger charge is -2.15. The summed E-state index contributed by atoms with van der Waals surface area (Å²) < 4.78 is 36.1. The van der Waals surface area contributed by atoms with Crippen LogP contribution in [0.3, 0.4) is 0 Å². The second-order valence-electron chi connectivity index (χ2n) is 6.02. The maximum atomic E-state index is 12.6. The van der Waals surface area contributed by atoms with Gasteiger partial charge >= 0.3 is 5.97 Å². The van der Waals surface area contributed by atoms with E-state index in [0.717, 1.165) is 4.31 Å². The molecule has 27 heavy (non-hydrogen) atoms. The van der Waals surface area contributed by atoms with Crippen molar-refractivity contribution in [3.8, 4) is 0 Å². The van der Waals surface area contributed by atoms with Crippen LogP contribution >= 0.6 is 0 Å². The highest BCUT2D eigenvalue weighted by molar-refractivity contribution is 7.89. The van der Waals surface area contributed by atoms with Crippen molar-refractivity contribution >= 4 is 21.7 Å². The molecule has 0 amide bonds. The Morgan fingerprint density at radius 1 is 1.33 bits per heavy atom. The molecule has 148 valence electrons. The molecule has 1 heterocycles. The van der Waals surface area contributed by atoms with Crippen LogP contribution in [0.5, 0.6) is 0 Å². The lowest BCUT2D eigenvalue weighted by Crippen LogP contribution is -2.23. The van der Waals surface area contributed by atoms with E-state index in [0.29, 0.717) is 22.7 Å². The van der Waals surface area contributed by atoms with E-state index in [1.807, 2.05) is 0 Å². The fourth-order valence-corrected chi connectivity index (χ4v) is 3.26. The Balaban J connectivity index is 2.34. The van der Waals surface area contributed by atoms with Gasteiger partial charge in [-0.25, -0.2) is 17.5 Å². The first-order valence-electron chi connectivity index (χ1n) is 8.18. The summed E-state index contributed by atoms with van der Waals surface area (Å²) in [4.78, 5) is 12.6. The number of esters is 1. The van der Waals surface area contributed by atoms with E-state index in [1.54, 1.807) is 13.8 Å². The van der Waals surface area contributed by atoms with Crippen LogP contribution in [0.15, 0.2) is 27.6 Å². The Labute approximate surface area is 158 Å². The normalized spacial score (nSPS) is 11.6. The van der Waals surface area contributed by atoms with Crippen molar-refractivity contribution in [1.82, 2.24) is 9.46 Å². The second kappa shape index (κ2) is 8.51. The number of hydrogen-bond acceptors (Lipinski definition) is 8. The average Bonchev–Trinajstić information content (AvgIpc) is 2.95. The molecule has 0 atom stereocenters. The van der Waals surface area contributed by atoms with Crippen LogP contribution in [0.25, 0.3) is 0 Å². The van der Waals surface area contributed by atoms with Crippen LogP contribution in [0.2, 0.25) is 0 Å². The molecular weight excluding hydrogens is 374 g/mol. The number of nitrogens with zero attached hydrogens (tertiary/aromatic N) is 2. The van der Waals surface area contributed by atoms with Gasteiger partial charge in [0.25, 0.3) is 0 Å². The van der Waals surface area contributed by atoms with Gasteiger partial charge in [0.15, 0.2) is 0 Å². The topological polar surface area (TPSA) is 122 Å². The van der Waals surface area contributed by atoms with Crippen molar-refractivity contribution in [1.29, 1.82) is 0 Å². The third kappa shape index (κ3) is 4.65. The first-order valence-corrected chi connectivity index (χ1v) is 9.62. The summed E-state index contributed by atoms with van der Waals surface area (Å²) in [6.45, 7) is 3.44. The van der Waals surface area contributed by atoms with Gasteiger partial charge < -0.3 is 19.7 Å². The molecule has 0 radical (unpaired) electrons. The van der Waals surface area contributed by atoms with Gasteiger partial charge in [-0.1, -0.05) is 5.16 Å². The summed E-state index contributed by atoms with van der Waals surface area (Å²) in [7, 11) is -0.907. The number of nitrogens with one attached hydrogen (secondary N) is 1. The van der Waals surface area contributed by atoms with Crippen molar-refractivity contribution in [2.45, 2.75) is 25.3 Å². The number of carbonyl (C=O) groups excluding carboxylic acids is 1. The fraction of sp³-hybridized carbons (Fsp3) is 0.412. The highest BCUT2D eigenvalue weighted by atomic mass is 32.2. The van der Waals surface area contributed by atoms with E-state index in [1.165, 1.54) is 32.3 Å². The minimum absolute atomic E-state index is 0.0358. The van der Waals surface area contributed by atoms with E-state index in [2.05, 4.69) is 10.5 Å². The minimum atomic E-state index is -3.72. The molecule has 0 bridgehead atoms. The Morgan fingerprint density at radius 3 is 2.59 bits per heavy atom. The summed E-state index contributed by atoms with van der Waals surface area (Å²) in [5, 5.41) is 15.7. The van der Waals surface area contributed by atoms with Crippen LogP contribution in [0.1, 0.15) is 27.4 Å². The molecule has 9 nitrogen and oxygen atoms in total. The third-order valence-corrected chi connectivity index (χ3v) is 5.76. The molecule has 2 N–H and O–H groups in total. The molecule has 0 unspecified atom stereocenters. The number of benzene rings is 1. The molecule has 1 aromatic carbocycles. The van der Waals surface area contributed by atoms with Crippen LogP contribution < -0.4 is 5.32 Å². The first-order chi connectivity index (χ1) is 12.7. The highest BCUT2D eigenvalue weighted by Crippen LogP contribution is 2.24. The highest BCUT2D eigenvalue weighted by Gasteiger charge is 2.22. The van der Waals surface area contributed by atoms with E-state index in [4.69, 9.17) is 14.4 Å². The van der Waals surface area contributed by atoms with Crippen molar-refractivity contribution in [3.05, 3.63) is 40.8 Å². The molecule has 1 aromatic heterocycles. The third-order valence-electron chi connectivity index (χ3n) is 3.95. The SMILES string of the molecule is Cc1noc(C)c1COC(=O)c1cc(S(=O)(=O)N(C)C)ccc1NCCO. The largest absolute Gasteiger partial charge is 0.457 e. The summed E-state index contributed by atoms with van der Waals surface area (Å²) in [5.74, 6) is -0.158. The smallest absolute Gasteiger partial charge is 0.340 e. The predicted molar refractivity (Wildman–Crippen MR) is 98.0 cm³/mol. The maximum Gasteiger partial charge on any atom is 0.340 e. The second-order valence-corrected chi connectivity index (χ2v) is 8.18.